The fourth-order valence-corrected chi connectivity index (χ4v) is 1.77. The molecule has 0 aliphatic heterocycles. The van der Waals surface area contributed by atoms with E-state index < -0.39 is 17.9 Å². The molecule has 1 amide bonds. The first kappa shape index (κ1) is 15.1. The summed E-state index contributed by atoms with van der Waals surface area (Å²) in [6, 6.07) is 5.51. The van der Waals surface area contributed by atoms with E-state index >= 15 is 0 Å². The van der Waals surface area contributed by atoms with Crippen molar-refractivity contribution >= 4 is 23.5 Å². The molecule has 0 spiro atoms. The summed E-state index contributed by atoms with van der Waals surface area (Å²) in [4.78, 5) is 23.0. The minimum Gasteiger partial charge on any atom is -0.480 e. The Balaban J connectivity index is 2.69. The van der Waals surface area contributed by atoms with Crippen molar-refractivity contribution in [1.29, 1.82) is 0 Å². The number of carbonyl (C=O) groups excluding carboxylic acids is 1. The van der Waals surface area contributed by atoms with Crippen molar-refractivity contribution in [3.63, 3.8) is 0 Å². The first-order valence-corrected chi connectivity index (χ1v) is 6.15. The predicted molar refractivity (Wildman–Crippen MR) is 73.0 cm³/mol. The number of unbranched alkanes of at least 4 members (excludes halogenated alkanes) is 1. The SMILES string of the molecule is C#CCCC[C@H](NC(=O)c1ccccc1Cl)C(=O)O. The van der Waals surface area contributed by atoms with E-state index in [2.05, 4.69) is 11.2 Å². The molecule has 0 radical (unpaired) electrons. The van der Waals surface area contributed by atoms with Crippen molar-refractivity contribution in [2.24, 2.45) is 0 Å². The van der Waals surface area contributed by atoms with Crippen molar-refractivity contribution in [2.75, 3.05) is 0 Å². The van der Waals surface area contributed by atoms with Crippen LogP contribution in [0.3, 0.4) is 0 Å². The number of aliphatic carboxylic acids is 1. The summed E-state index contributed by atoms with van der Waals surface area (Å²) < 4.78 is 0. The predicted octanol–water partition coefficient (Wildman–Crippen LogP) is 2.33. The third kappa shape index (κ3) is 4.65. The number of rotatable bonds is 6. The van der Waals surface area contributed by atoms with Gasteiger partial charge in [0.25, 0.3) is 5.91 Å². The maximum Gasteiger partial charge on any atom is 0.326 e. The Bertz CT molecular complexity index is 508. The number of amides is 1. The highest BCUT2D eigenvalue weighted by Gasteiger charge is 2.21. The monoisotopic (exact) mass is 279 g/mol. The number of carboxylic acids is 1. The van der Waals surface area contributed by atoms with E-state index in [-0.39, 0.29) is 17.0 Å². The summed E-state index contributed by atoms with van der Waals surface area (Å²) in [5, 5.41) is 11.8. The van der Waals surface area contributed by atoms with Gasteiger partial charge in [-0.15, -0.1) is 12.3 Å². The summed E-state index contributed by atoms with van der Waals surface area (Å²) >= 11 is 5.87. The molecule has 0 unspecified atom stereocenters. The smallest absolute Gasteiger partial charge is 0.326 e. The van der Waals surface area contributed by atoms with Gasteiger partial charge < -0.3 is 10.4 Å². The number of halogens is 1. The van der Waals surface area contributed by atoms with Gasteiger partial charge in [-0.25, -0.2) is 4.79 Å². The Hall–Kier alpha value is -1.99. The summed E-state index contributed by atoms with van der Waals surface area (Å²) in [6.07, 6.45) is 6.40. The van der Waals surface area contributed by atoms with E-state index in [1.807, 2.05) is 0 Å². The molecule has 1 aromatic carbocycles. The third-order valence-electron chi connectivity index (χ3n) is 2.54. The molecular formula is C14H14ClNO3. The van der Waals surface area contributed by atoms with Crippen LogP contribution in [0.2, 0.25) is 5.02 Å². The average Bonchev–Trinajstić information content (AvgIpc) is 2.38. The number of hydrogen-bond donors (Lipinski definition) is 2. The molecule has 0 aliphatic rings. The maximum absolute atomic E-state index is 11.9. The Morgan fingerprint density at radius 3 is 2.68 bits per heavy atom. The lowest BCUT2D eigenvalue weighted by molar-refractivity contribution is -0.139. The van der Waals surface area contributed by atoms with Crippen molar-refractivity contribution in [2.45, 2.75) is 25.3 Å². The first-order valence-electron chi connectivity index (χ1n) is 5.78. The van der Waals surface area contributed by atoms with Crippen LogP contribution in [0.25, 0.3) is 0 Å². The molecule has 1 rings (SSSR count). The molecule has 4 nitrogen and oxygen atoms in total. The van der Waals surface area contributed by atoms with E-state index in [0.29, 0.717) is 12.8 Å². The molecule has 2 N–H and O–H groups in total. The van der Waals surface area contributed by atoms with Gasteiger partial charge >= 0.3 is 5.97 Å². The molecule has 100 valence electrons. The fourth-order valence-electron chi connectivity index (χ4n) is 1.55. The van der Waals surface area contributed by atoms with E-state index in [1.165, 1.54) is 6.07 Å². The fraction of sp³-hybridized carbons (Fsp3) is 0.286. The Morgan fingerprint density at radius 2 is 2.11 bits per heavy atom. The molecule has 0 aromatic heterocycles. The lowest BCUT2D eigenvalue weighted by Gasteiger charge is -2.14. The number of nitrogens with one attached hydrogen (secondary N) is 1. The van der Waals surface area contributed by atoms with Crippen LogP contribution in [0.15, 0.2) is 24.3 Å². The molecule has 0 fully saturated rings. The van der Waals surface area contributed by atoms with Gasteiger partial charge in [-0.1, -0.05) is 23.7 Å². The van der Waals surface area contributed by atoms with Crippen LogP contribution in [0.5, 0.6) is 0 Å². The van der Waals surface area contributed by atoms with Gasteiger partial charge in [0.1, 0.15) is 6.04 Å². The Labute approximate surface area is 116 Å². The number of carboxylic acid groups (broad SMARTS) is 1. The van der Waals surface area contributed by atoms with Gasteiger partial charge in [0.05, 0.1) is 10.6 Å². The Kier molecular flexibility index (Phi) is 5.91. The van der Waals surface area contributed by atoms with Gasteiger partial charge in [-0.05, 0) is 25.0 Å². The second kappa shape index (κ2) is 7.45. The van der Waals surface area contributed by atoms with Crippen LogP contribution in [0, 0.1) is 12.3 Å². The lowest BCUT2D eigenvalue weighted by Crippen LogP contribution is -2.40. The first-order chi connectivity index (χ1) is 9.06. The highest BCUT2D eigenvalue weighted by atomic mass is 35.5. The summed E-state index contributed by atoms with van der Waals surface area (Å²) in [5.41, 5.74) is 0.257. The second-order valence-electron chi connectivity index (χ2n) is 3.94. The highest BCUT2D eigenvalue weighted by Crippen LogP contribution is 2.15. The van der Waals surface area contributed by atoms with Gasteiger partial charge in [-0.2, -0.15) is 0 Å². The zero-order valence-corrected chi connectivity index (χ0v) is 11.0. The van der Waals surface area contributed by atoms with Crippen molar-refractivity contribution < 1.29 is 14.7 Å². The van der Waals surface area contributed by atoms with Gasteiger partial charge in [-0.3, -0.25) is 4.79 Å². The summed E-state index contributed by atoms with van der Waals surface area (Å²) in [5.74, 6) is 0.842. The molecule has 1 aromatic rings. The number of hydrogen-bond acceptors (Lipinski definition) is 2. The molecule has 0 bridgehead atoms. The topological polar surface area (TPSA) is 66.4 Å². The second-order valence-corrected chi connectivity index (χ2v) is 4.35. The standard InChI is InChI=1S/C14H14ClNO3/c1-2-3-4-9-12(14(18)19)16-13(17)10-7-5-6-8-11(10)15/h1,5-8,12H,3-4,9H2,(H,16,17)(H,18,19)/t12-/m0/s1. The van der Waals surface area contributed by atoms with E-state index in [1.54, 1.807) is 18.2 Å². The van der Waals surface area contributed by atoms with Crippen molar-refractivity contribution in [1.82, 2.24) is 5.32 Å². The van der Waals surface area contributed by atoms with Crippen molar-refractivity contribution in [3.8, 4) is 12.3 Å². The lowest BCUT2D eigenvalue weighted by atomic mass is 10.1. The molecule has 5 heteroatoms. The summed E-state index contributed by atoms with van der Waals surface area (Å²) in [6.45, 7) is 0. The number of carbonyl (C=O) groups is 2. The van der Waals surface area contributed by atoms with Crippen molar-refractivity contribution in [3.05, 3.63) is 34.9 Å². The molecule has 1 atom stereocenters. The molecule has 0 heterocycles. The van der Waals surface area contributed by atoms with Crippen LogP contribution < -0.4 is 5.32 Å². The number of terminal acetylenes is 1. The van der Waals surface area contributed by atoms with Crippen LogP contribution in [-0.2, 0) is 4.79 Å². The summed E-state index contributed by atoms with van der Waals surface area (Å²) in [7, 11) is 0. The third-order valence-corrected chi connectivity index (χ3v) is 2.87. The minimum atomic E-state index is -1.09. The van der Waals surface area contributed by atoms with Gasteiger partial charge in [0.15, 0.2) is 0 Å². The van der Waals surface area contributed by atoms with E-state index in [4.69, 9.17) is 23.1 Å². The van der Waals surface area contributed by atoms with Crippen LogP contribution >= 0.6 is 11.6 Å². The highest BCUT2D eigenvalue weighted by molar-refractivity contribution is 6.33. The molecular weight excluding hydrogens is 266 g/mol. The molecule has 0 saturated heterocycles. The van der Waals surface area contributed by atoms with Gasteiger partial charge in [0, 0.05) is 6.42 Å². The molecule has 0 saturated carbocycles. The van der Waals surface area contributed by atoms with Crippen LogP contribution in [0.4, 0.5) is 0 Å². The normalized spacial score (nSPS) is 11.4. The quantitative estimate of drug-likeness (QED) is 0.620. The maximum atomic E-state index is 11.9. The molecule has 19 heavy (non-hydrogen) atoms. The van der Waals surface area contributed by atoms with Crippen LogP contribution in [0.1, 0.15) is 29.6 Å². The zero-order chi connectivity index (χ0) is 14.3. The number of benzene rings is 1. The van der Waals surface area contributed by atoms with E-state index in [9.17, 15) is 9.59 Å². The van der Waals surface area contributed by atoms with Crippen LogP contribution in [-0.4, -0.2) is 23.0 Å². The largest absolute Gasteiger partial charge is 0.480 e. The molecule has 0 aliphatic carbocycles. The average molecular weight is 280 g/mol. The Morgan fingerprint density at radius 1 is 1.42 bits per heavy atom. The zero-order valence-electron chi connectivity index (χ0n) is 10.2. The minimum absolute atomic E-state index is 0.257. The van der Waals surface area contributed by atoms with Gasteiger partial charge in [0.2, 0.25) is 0 Å². The van der Waals surface area contributed by atoms with E-state index in [0.717, 1.165) is 0 Å².